The highest BCUT2D eigenvalue weighted by Gasteiger charge is 2.41. The van der Waals surface area contributed by atoms with E-state index >= 15 is 0 Å². The molecule has 1 saturated carbocycles. The molecule has 1 fully saturated rings. The summed E-state index contributed by atoms with van der Waals surface area (Å²) in [5, 5.41) is 12.4. The van der Waals surface area contributed by atoms with Crippen LogP contribution in [-0.4, -0.2) is 17.3 Å². The van der Waals surface area contributed by atoms with Crippen molar-refractivity contribution in [2.24, 2.45) is 5.92 Å². The van der Waals surface area contributed by atoms with Crippen molar-refractivity contribution in [3.63, 3.8) is 0 Å². The fourth-order valence-corrected chi connectivity index (χ4v) is 2.62. The molecule has 20 heavy (non-hydrogen) atoms. The largest absolute Gasteiger partial charge is 0.508 e. The van der Waals surface area contributed by atoms with E-state index in [9.17, 15) is 22.7 Å². The maximum Gasteiger partial charge on any atom is 0.391 e. The Hall–Kier alpha value is -1.30. The summed E-state index contributed by atoms with van der Waals surface area (Å²) in [6.45, 7) is 0.340. The van der Waals surface area contributed by atoms with Gasteiger partial charge in [-0.05, 0) is 43.4 Å². The van der Waals surface area contributed by atoms with E-state index in [4.69, 9.17) is 0 Å². The first-order valence-corrected chi connectivity index (χ1v) is 6.63. The lowest BCUT2D eigenvalue weighted by Crippen LogP contribution is -2.36. The molecular weight excluding hydrogens is 274 g/mol. The van der Waals surface area contributed by atoms with Gasteiger partial charge in [0, 0.05) is 18.7 Å². The summed E-state index contributed by atoms with van der Waals surface area (Å²) in [5.74, 6) is -1.87. The zero-order valence-electron chi connectivity index (χ0n) is 10.9. The van der Waals surface area contributed by atoms with Crippen LogP contribution in [0, 0.1) is 11.7 Å². The van der Waals surface area contributed by atoms with E-state index in [-0.39, 0.29) is 24.6 Å². The molecule has 0 atom stereocenters. The van der Waals surface area contributed by atoms with Crippen molar-refractivity contribution in [1.82, 2.24) is 5.32 Å². The summed E-state index contributed by atoms with van der Waals surface area (Å²) in [7, 11) is 0. The van der Waals surface area contributed by atoms with Gasteiger partial charge < -0.3 is 10.4 Å². The van der Waals surface area contributed by atoms with E-state index in [0.717, 1.165) is 6.07 Å². The van der Waals surface area contributed by atoms with Gasteiger partial charge in [-0.25, -0.2) is 4.39 Å². The monoisotopic (exact) mass is 291 g/mol. The maximum absolute atomic E-state index is 13.1. The van der Waals surface area contributed by atoms with Crippen molar-refractivity contribution in [2.45, 2.75) is 44.4 Å². The van der Waals surface area contributed by atoms with Crippen LogP contribution in [0.1, 0.15) is 31.2 Å². The zero-order chi connectivity index (χ0) is 14.8. The van der Waals surface area contributed by atoms with Crippen molar-refractivity contribution in [3.05, 3.63) is 29.6 Å². The van der Waals surface area contributed by atoms with Crippen molar-refractivity contribution in [2.75, 3.05) is 0 Å². The normalized spacial score (nSPS) is 23.8. The lowest BCUT2D eigenvalue weighted by molar-refractivity contribution is -0.182. The third-order valence-corrected chi connectivity index (χ3v) is 3.73. The average molecular weight is 291 g/mol. The quantitative estimate of drug-likeness (QED) is 0.831. The standard InChI is InChI=1S/C14H17F4NO/c15-11-5-9(6-13(20)7-11)8-19-12-3-1-10(2-4-12)14(16,17)18/h5-7,10,12,19-20H,1-4,8H2. The number of phenolic OH excluding ortho intramolecular Hbond substituents is 1. The van der Waals surface area contributed by atoms with Crippen LogP contribution >= 0.6 is 0 Å². The minimum Gasteiger partial charge on any atom is -0.508 e. The number of hydrogen-bond acceptors (Lipinski definition) is 2. The topological polar surface area (TPSA) is 32.3 Å². The number of aromatic hydroxyl groups is 1. The molecule has 112 valence electrons. The Morgan fingerprint density at radius 3 is 2.30 bits per heavy atom. The number of nitrogens with one attached hydrogen (secondary N) is 1. The molecule has 1 aliphatic carbocycles. The minimum atomic E-state index is -4.10. The summed E-state index contributed by atoms with van der Waals surface area (Å²) in [4.78, 5) is 0. The molecule has 1 aromatic carbocycles. The van der Waals surface area contributed by atoms with Crippen LogP contribution in [0.25, 0.3) is 0 Å². The Morgan fingerprint density at radius 2 is 1.75 bits per heavy atom. The van der Waals surface area contributed by atoms with Crippen molar-refractivity contribution in [3.8, 4) is 5.75 Å². The van der Waals surface area contributed by atoms with Gasteiger partial charge in [0.1, 0.15) is 11.6 Å². The second-order valence-corrected chi connectivity index (χ2v) is 5.29. The molecule has 0 aliphatic heterocycles. The van der Waals surface area contributed by atoms with E-state index in [1.807, 2.05) is 0 Å². The van der Waals surface area contributed by atoms with E-state index in [2.05, 4.69) is 5.32 Å². The Morgan fingerprint density at radius 1 is 1.10 bits per heavy atom. The summed E-state index contributed by atoms with van der Waals surface area (Å²) in [5.41, 5.74) is 0.584. The van der Waals surface area contributed by atoms with Crippen LogP contribution in [0.5, 0.6) is 5.75 Å². The smallest absolute Gasteiger partial charge is 0.391 e. The third-order valence-electron chi connectivity index (χ3n) is 3.73. The van der Waals surface area contributed by atoms with E-state index in [1.54, 1.807) is 0 Å². The molecule has 2 nitrogen and oxygen atoms in total. The maximum atomic E-state index is 13.1. The predicted octanol–water partition coefficient (Wildman–Crippen LogP) is 3.74. The van der Waals surface area contributed by atoms with Crippen LogP contribution in [0.4, 0.5) is 17.6 Å². The van der Waals surface area contributed by atoms with Gasteiger partial charge >= 0.3 is 6.18 Å². The highest BCUT2D eigenvalue weighted by atomic mass is 19.4. The SMILES string of the molecule is Oc1cc(F)cc(CNC2CCC(C(F)(F)F)CC2)c1. The summed E-state index contributed by atoms with van der Waals surface area (Å²) < 4.78 is 50.6. The first-order chi connectivity index (χ1) is 9.34. The summed E-state index contributed by atoms with van der Waals surface area (Å²) in [6, 6.07) is 3.77. The average Bonchev–Trinajstić information content (AvgIpc) is 2.35. The van der Waals surface area contributed by atoms with E-state index in [0.29, 0.717) is 24.9 Å². The Balaban J connectivity index is 1.81. The number of hydrogen-bond donors (Lipinski definition) is 2. The molecule has 0 amide bonds. The van der Waals surface area contributed by atoms with Crippen molar-refractivity contribution in [1.29, 1.82) is 0 Å². The fourth-order valence-electron chi connectivity index (χ4n) is 2.62. The van der Waals surface area contributed by atoms with Crippen LogP contribution in [-0.2, 0) is 6.54 Å². The Labute approximate surface area is 114 Å². The molecule has 0 bridgehead atoms. The van der Waals surface area contributed by atoms with E-state index < -0.39 is 17.9 Å². The number of phenols is 1. The van der Waals surface area contributed by atoms with Gasteiger partial charge in [-0.3, -0.25) is 0 Å². The fraction of sp³-hybridized carbons (Fsp3) is 0.571. The lowest BCUT2D eigenvalue weighted by Gasteiger charge is -2.30. The third kappa shape index (κ3) is 4.10. The summed E-state index contributed by atoms with van der Waals surface area (Å²) in [6.07, 6.45) is -2.90. The molecule has 0 aromatic heterocycles. The highest BCUT2D eigenvalue weighted by molar-refractivity contribution is 5.28. The summed E-state index contributed by atoms with van der Waals surface area (Å²) >= 11 is 0. The Bertz CT molecular complexity index is 433. The lowest BCUT2D eigenvalue weighted by atomic mass is 9.85. The van der Waals surface area contributed by atoms with Gasteiger partial charge in [-0.1, -0.05) is 0 Å². The van der Waals surface area contributed by atoms with Gasteiger partial charge in [0.2, 0.25) is 0 Å². The number of halogens is 4. The minimum absolute atomic E-state index is 0.0130. The molecule has 0 heterocycles. The van der Waals surface area contributed by atoms with E-state index in [1.165, 1.54) is 12.1 Å². The Kier molecular flexibility index (Phi) is 4.52. The molecule has 0 radical (unpaired) electrons. The first-order valence-electron chi connectivity index (χ1n) is 6.63. The number of benzene rings is 1. The molecular formula is C14H17F4NO. The first kappa shape index (κ1) is 15.1. The second kappa shape index (κ2) is 5.99. The second-order valence-electron chi connectivity index (χ2n) is 5.29. The van der Waals surface area contributed by atoms with Crippen molar-refractivity contribution < 1.29 is 22.7 Å². The predicted molar refractivity (Wildman–Crippen MR) is 66.7 cm³/mol. The molecule has 0 unspecified atom stereocenters. The van der Waals surface area contributed by atoms with Crippen LogP contribution in [0.2, 0.25) is 0 Å². The zero-order valence-corrected chi connectivity index (χ0v) is 10.9. The van der Waals surface area contributed by atoms with Gasteiger partial charge in [0.25, 0.3) is 0 Å². The molecule has 0 saturated heterocycles. The van der Waals surface area contributed by atoms with Gasteiger partial charge in [-0.15, -0.1) is 0 Å². The van der Waals surface area contributed by atoms with Gasteiger partial charge in [0.05, 0.1) is 5.92 Å². The van der Waals surface area contributed by atoms with Crippen LogP contribution in [0.3, 0.4) is 0 Å². The number of alkyl halides is 3. The molecule has 6 heteroatoms. The molecule has 2 N–H and O–H groups in total. The molecule has 1 aromatic rings. The van der Waals surface area contributed by atoms with Crippen LogP contribution < -0.4 is 5.32 Å². The van der Waals surface area contributed by atoms with Crippen molar-refractivity contribution >= 4 is 0 Å². The highest BCUT2D eigenvalue weighted by Crippen LogP contribution is 2.37. The van der Waals surface area contributed by atoms with Crippen LogP contribution in [0.15, 0.2) is 18.2 Å². The molecule has 0 spiro atoms. The number of rotatable bonds is 3. The van der Waals surface area contributed by atoms with Gasteiger partial charge in [-0.2, -0.15) is 13.2 Å². The van der Waals surface area contributed by atoms with Gasteiger partial charge in [0.15, 0.2) is 0 Å². The molecule has 2 rings (SSSR count). The molecule has 1 aliphatic rings.